The summed E-state index contributed by atoms with van der Waals surface area (Å²) in [5.74, 6) is 2.11. The third kappa shape index (κ3) is 5.03. The van der Waals surface area contributed by atoms with E-state index in [-0.39, 0.29) is 29.7 Å². The Morgan fingerprint density at radius 3 is 2.32 bits per heavy atom. The van der Waals surface area contributed by atoms with E-state index in [1.165, 1.54) is 36.0 Å². The van der Waals surface area contributed by atoms with Gasteiger partial charge in [0.1, 0.15) is 5.75 Å². The normalized spacial score (nSPS) is 31.8. The third-order valence-electron chi connectivity index (χ3n) is 8.43. The van der Waals surface area contributed by atoms with E-state index in [1.807, 2.05) is 12.1 Å². The number of nitrogens with zero attached hydrogens (tertiary/aromatic N) is 2. The van der Waals surface area contributed by atoms with Crippen LogP contribution in [0.2, 0.25) is 0 Å². The smallest absolute Gasteiger partial charge is 0.285 e. The third-order valence-corrected chi connectivity index (χ3v) is 9.73. The molecular weight excluding hydrogens is 510 g/mol. The molecule has 8 nitrogen and oxygen atoms in total. The van der Waals surface area contributed by atoms with Gasteiger partial charge in [0.25, 0.3) is 11.8 Å². The van der Waals surface area contributed by atoms with Crippen LogP contribution in [-0.4, -0.2) is 64.9 Å². The van der Waals surface area contributed by atoms with Gasteiger partial charge in [-0.25, -0.2) is 0 Å². The van der Waals surface area contributed by atoms with Gasteiger partial charge < -0.3 is 14.4 Å². The summed E-state index contributed by atoms with van der Waals surface area (Å²) in [4.78, 5) is 41.0. The van der Waals surface area contributed by atoms with Gasteiger partial charge in [-0.1, -0.05) is 23.9 Å². The van der Waals surface area contributed by atoms with Gasteiger partial charge in [0.05, 0.1) is 23.5 Å². The number of nitrogens with one attached hydrogen (secondary N) is 1. The molecule has 1 aromatic rings. The molecule has 0 spiro atoms. The Labute approximate surface area is 226 Å². The molecule has 0 aromatic heterocycles. The second-order valence-corrected chi connectivity index (χ2v) is 12.7. The Hall–Kier alpha value is -2.43. The van der Waals surface area contributed by atoms with E-state index in [9.17, 15) is 14.4 Å². The number of rotatable bonds is 6. The minimum Gasteiger partial charge on any atom is -0.484 e. The summed E-state index contributed by atoms with van der Waals surface area (Å²) in [6.07, 6.45) is 8.32. The topological polar surface area (TPSA) is 88.2 Å². The number of amides is 3. The van der Waals surface area contributed by atoms with E-state index in [0.29, 0.717) is 59.0 Å². The molecule has 6 fully saturated rings. The van der Waals surface area contributed by atoms with Crippen LogP contribution in [0.1, 0.15) is 44.1 Å². The lowest BCUT2D eigenvalue weighted by molar-refractivity contribution is -0.152. The van der Waals surface area contributed by atoms with Gasteiger partial charge in [0, 0.05) is 13.1 Å². The Balaban J connectivity index is 1.06. The molecule has 0 radical (unpaired) electrons. The molecule has 2 saturated heterocycles. The number of hydrogen-bond acceptors (Lipinski definition) is 7. The number of ether oxygens (including phenoxy) is 2. The van der Waals surface area contributed by atoms with Crippen molar-refractivity contribution in [2.75, 3.05) is 32.9 Å². The molecule has 2 aliphatic heterocycles. The van der Waals surface area contributed by atoms with Crippen molar-refractivity contribution in [3.63, 3.8) is 0 Å². The predicted molar refractivity (Wildman–Crippen MR) is 143 cm³/mol. The first-order chi connectivity index (χ1) is 17.9. The first-order valence-electron chi connectivity index (χ1n) is 13.1. The van der Waals surface area contributed by atoms with Gasteiger partial charge in [-0.15, -0.1) is 0 Å². The number of morpholine rings is 1. The fourth-order valence-electron chi connectivity index (χ4n) is 7.03. The molecule has 1 aromatic carbocycles. The van der Waals surface area contributed by atoms with Crippen LogP contribution in [0, 0.1) is 23.2 Å². The van der Waals surface area contributed by atoms with Crippen molar-refractivity contribution in [2.24, 2.45) is 23.2 Å². The summed E-state index contributed by atoms with van der Waals surface area (Å²) < 4.78 is 11.3. The average molecular weight is 542 g/mol. The summed E-state index contributed by atoms with van der Waals surface area (Å²) in [5, 5.41) is 1.25. The first kappa shape index (κ1) is 24.9. The van der Waals surface area contributed by atoms with Crippen LogP contribution in [0.15, 0.2) is 29.2 Å². The molecule has 0 unspecified atom stereocenters. The SMILES string of the molecule is O=C(COc1ccc(/C=C2/SC(=S)N(NC(=O)C34CC5CC(CC(C5)C3)C4)C2=O)cc1)N1CCOCC1. The lowest BCUT2D eigenvalue weighted by Gasteiger charge is -2.55. The molecular formula is C27H31N3O5S2. The summed E-state index contributed by atoms with van der Waals surface area (Å²) in [6.45, 7) is 2.25. The van der Waals surface area contributed by atoms with Crippen molar-refractivity contribution >= 4 is 52.1 Å². The van der Waals surface area contributed by atoms with Gasteiger partial charge in [-0.05, 0) is 92.3 Å². The van der Waals surface area contributed by atoms with Crippen LogP contribution in [-0.2, 0) is 19.1 Å². The predicted octanol–water partition coefficient (Wildman–Crippen LogP) is 3.37. The van der Waals surface area contributed by atoms with Crippen molar-refractivity contribution in [2.45, 2.75) is 38.5 Å². The average Bonchev–Trinajstić information content (AvgIpc) is 3.15. The van der Waals surface area contributed by atoms with E-state index < -0.39 is 0 Å². The Bertz CT molecular complexity index is 1110. The second kappa shape index (κ2) is 10.0. The quantitative estimate of drug-likeness (QED) is 0.436. The van der Waals surface area contributed by atoms with E-state index in [0.717, 1.165) is 24.8 Å². The van der Waals surface area contributed by atoms with Crippen molar-refractivity contribution < 1.29 is 23.9 Å². The number of benzene rings is 1. The lowest BCUT2D eigenvalue weighted by Crippen LogP contribution is -2.57. The monoisotopic (exact) mass is 541 g/mol. The second-order valence-electron chi connectivity index (χ2n) is 11.0. The van der Waals surface area contributed by atoms with Crippen molar-refractivity contribution in [3.05, 3.63) is 34.7 Å². The van der Waals surface area contributed by atoms with Gasteiger partial charge >= 0.3 is 0 Å². The fraction of sp³-hybridized carbons (Fsp3) is 0.556. The van der Waals surface area contributed by atoms with Gasteiger partial charge in [0.15, 0.2) is 10.9 Å². The Morgan fingerprint density at radius 1 is 1.08 bits per heavy atom. The maximum atomic E-state index is 13.4. The van der Waals surface area contributed by atoms with E-state index in [1.54, 1.807) is 23.1 Å². The number of thiocarbonyl (C=S) groups is 1. The molecule has 6 aliphatic rings. The van der Waals surface area contributed by atoms with Crippen molar-refractivity contribution in [1.82, 2.24) is 15.3 Å². The summed E-state index contributed by atoms with van der Waals surface area (Å²) in [5.41, 5.74) is 3.35. The van der Waals surface area contributed by atoms with Crippen LogP contribution in [0.5, 0.6) is 5.75 Å². The first-order valence-corrected chi connectivity index (χ1v) is 14.3. The zero-order valence-electron chi connectivity index (χ0n) is 20.6. The number of carbonyl (C=O) groups excluding carboxylic acids is 3. The van der Waals surface area contributed by atoms with E-state index >= 15 is 0 Å². The highest BCUT2D eigenvalue weighted by atomic mass is 32.2. The minimum atomic E-state index is -0.346. The van der Waals surface area contributed by atoms with Gasteiger partial charge in [-0.3, -0.25) is 19.8 Å². The summed E-state index contributed by atoms with van der Waals surface area (Å²) in [6, 6.07) is 7.20. The highest BCUT2D eigenvalue weighted by Crippen LogP contribution is 2.60. The standard InChI is InChI=1S/C27H31N3O5S2/c31-23(29-5-7-34-8-6-29)16-35-21-3-1-17(2-4-21)12-22-24(32)30(26(36)37-22)28-25(33)27-13-18-9-19(14-27)11-20(10-18)15-27/h1-4,12,18-20H,5-11,13-16H2,(H,28,33)/b22-12+. The molecule has 196 valence electrons. The largest absolute Gasteiger partial charge is 0.484 e. The maximum Gasteiger partial charge on any atom is 0.285 e. The Kier molecular flexibility index (Phi) is 6.75. The summed E-state index contributed by atoms with van der Waals surface area (Å²) >= 11 is 6.65. The number of thioether (sulfide) groups is 1. The molecule has 4 bridgehead atoms. The zero-order valence-corrected chi connectivity index (χ0v) is 22.3. The molecule has 2 heterocycles. The number of hydrazine groups is 1. The van der Waals surface area contributed by atoms with Crippen LogP contribution in [0.3, 0.4) is 0 Å². The highest BCUT2D eigenvalue weighted by molar-refractivity contribution is 8.26. The van der Waals surface area contributed by atoms with E-state index in [4.69, 9.17) is 21.7 Å². The number of hydrogen-bond donors (Lipinski definition) is 1. The molecule has 10 heteroatoms. The van der Waals surface area contributed by atoms with Gasteiger partial charge in [-0.2, -0.15) is 5.01 Å². The van der Waals surface area contributed by atoms with Crippen LogP contribution in [0.4, 0.5) is 0 Å². The molecule has 4 saturated carbocycles. The molecule has 37 heavy (non-hydrogen) atoms. The molecule has 1 N–H and O–H groups in total. The summed E-state index contributed by atoms with van der Waals surface area (Å²) in [7, 11) is 0. The zero-order chi connectivity index (χ0) is 25.6. The van der Waals surface area contributed by atoms with E-state index in [2.05, 4.69) is 5.43 Å². The molecule has 0 atom stereocenters. The van der Waals surface area contributed by atoms with Crippen LogP contribution < -0.4 is 10.2 Å². The maximum absolute atomic E-state index is 13.4. The molecule has 4 aliphatic carbocycles. The van der Waals surface area contributed by atoms with Crippen LogP contribution in [0.25, 0.3) is 6.08 Å². The fourth-order valence-corrected chi connectivity index (χ4v) is 8.21. The van der Waals surface area contributed by atoms with Crippen LogP contribution >= 0.6 is 24.0 Å². The van der Waals surface area contributed by atoms with Crippen molar-refractivity contribution in [3.8, 4) is 5.75 Å². The lowest BCUT2D eigenvalue weighted by atomic mass is 9.49. The molecule has 3 amide bonds. The van der Waals surface area contributed by atoms with Gasteiger partial charge in [0.2, 0.25) is 5.91 Å². The minimum absolute atomic E-state index is 0.0264. The Morgan fingerprint density at radius 2 is 1.70 bits per heavy atom. The molecule has 7 rings (SSSR count). The number of carbonyl (C=O) groups is 3. The van der Waals surface area contributed by atoms with Crippen molar-refractivity contribution in [1.29, 1.82) is 0 Å². The highest BCUT2D eigenvalue weighted by Gasteiger charge is 2.55.